The molecule has 2 aliphatic carbocycles. The van der Waals surface area contributed by atoms with Gasteiger partial charge in [-0.25, -0.2) is 9.59 Å². The molecule has 3 aliphatic heterocycles. The fourth-order valence-corrected chi connectivity index (χ4v) is 7.90. The second kappa shape index (κ2) is 19.8. The number of aliphatic imine (C=N–C) groups is 2. The number of nitrogens with one attached hydrogen (secondary N) is 5. The van der Waals surface area contributed by atoms with E-state index in [1.807, 2.05) is 60.7 Å². The number of imide groups is 2. The van der Waals surface area contributed by atoms with Crippen molar-refractivity contribution < 1.29 is 28.8 Å². The third-order valence-electron chi connectivity index (χ3n) is 11.3. The number of carbonyl (C=O) groups excluding carboxylic acids is 6. The fourth-order valence-electron chi connectivity index (χ4n) is 7.90. The number of urea groups is 2. The maximum absolute atomic E-state index is 12.8. The third kappa shape index (κ3) is 9.34. The zero-order valence-electron chi connectivity index (χ0n) is 36.8. The summed E-state index contributed by atoms with van der Waals surface area (Å²) in [5.74, 6) is -1.36. The largest absolute Gasteiger partial charge is 0.366 e. The number of fused-ring (bicyclic) bond motifs is 10. The number of allylic oxidation sites excluding steroid dienone is 1. The molecule has 8 amide bonds. The number of amides is 8. The van der Waals surface area contributed by atoms with E-state index in [1.54, 1.807) is 51.4 Å². The molecule has 5 aromatic carbocycles. The number of rotatable bonds is 2. The predicted octanol–water partition coefficient (Wildman–Crippen LogP) is 6.68. The summed E-state index contributed by atoms with van der Waals surface area (Å²) in [7, 11) is 3.25. The maximum atomic E-state index is 12.8. The zero-order chi connectivity index (χ0) is 47.1. The Bertz CT molecular complexity index is 2810. The Balaban J connectivity index is 0.000000158. The first-order valence-corrected chi connectivity index (χ1v) is 21.0. The molecule has 15 heteroatoms. The second-order valence-electron chi connectivity index (χ2n) is 15.4. The number of nitrogens with two attached hydrogens (primary N) is 1. The number of primary amides is 1. The highest BCUT2D eigenvalue weighted by molar-refractivity contribution is 6.64. The van der Waals surface area contributed by atoms with Crippen LogP contribution in [0.15, 0.2) is 131 Å². The summed E-state index contributed by atoms with van der Waals surface area (Å²) in [5.41, 5.74) is 14.2. The summed E-state index contributed by atoms with van der Waals surface area (Å²) in [6.45, 7) is 8.22. The first kappa shape index (κ1) is 46.8. The van der Waals surface area contributed by atoms with Gasteiger partial charge in [0.05, 0.1) is 10.9 Å². The molecular formula is C50H49ClN8O6. The van der Waals surface area contributed by atoms with Gasteiger partial charge < -0.3 is 21.7 Å². The molecule has 14 nitrogen and oxygen atoms in total. The molecule has 2 atom stereocenters. The van der Waals surface area contributed by atoms with E-state index < -0.39 is 35.0 Å². The molecule has 3 heterocycles. The highest BCUT2D eigenvalue weighted by Gasteiger charge is 2.56. The van der Waals surface area contributed by atoms with Gasteiger partial charge in [0, 0.05) is 49.8 Å². The molecule has 0 aromatic heterocycles. The summed E-state index contributed by atoms with van der Waals surface area (Å²) >= 11 is 5.21. The Morgan fingerprint density at radius 2 is 1.14 bits per heavy atom. The van der Waals surface area contributed by atoms with Crippen LogP contribution in [0.4, 0.5) is 9.59 Å². The van der Waals surface area contributed by atoms with E-state index in [1.165, 1.54) is 18.1 Å². The van der Waals surface area contributed by atoms with Gasteiger partial charge in [0.1, 0.15) is 0 Å². The maximum Gasteiger partial charge on any atom is 0.322 e. The standard InChI is InChI=1S/C20H15N3O2.C16H11N3O3.C8H10.C3H6ClN.C3H7NO/c24-18-20(23-19(25)22-18)15-6-2-1-5-13(15)14-9-8-12(11-16(14)20)17-7-3-4-10-21-17;17-13(20)8-5-6-10-9-3-1-2-4-11(9)16(12(10)7-8)14(21)18-15(22)19-16;1-7-5-3-4-6-8(7)2;1-3(4)5-2;1-3(5)4-2/h1-3,5-9,11H,4,10H2,(H2,22,23,24,25);1-7H,(H2,17,20)(H2,18,19,21,22);3-6H,1-2H3;1-2H3;1-2H3,(H,4,5). The lowest BCUT2D eigenvalue weighted by atomic mass is 9.86. The van der Waals surface area contributed by atoms with Crippen LogP contribution >= 0.6 is 11.6 Å². The van der Waals surface area contributed by atoms with Crippen molar-refractivity contribution in [1.82, 2.24) is 26.6 Å². The van der Waals surface area contributed by atoms with Crippen LogP contribution in [-0.2, 0) is 25.5 Å². The molecule has 0 radical (unpaired) electrons. The minimum atomic E-state index is -1.30. The lowest BCUT2D eigenvalue weighted by molar-refractivity contribution is -0.123. The van der Waals surface area contributed by atoms with Crippen molar-refractivity contribution in [3.05, 3.63) is 166 Å². The third-order valence-corrected chi connectivity index (χ3v) is 11.5. The molecule has 65 heavy (non-hydrogen) atoms. The summed E-state index contributed by atoms with van der Waals surface area (Å²) in [5, 5.41) is 13.2. The Morgan fingerprint density at radius 3 is 1.54 bits per heavy atom. The van der Waals surface area contributed by atoms with Crippen LogP contribution in [0.2, 0.25) is 0 Å². The number of nitrogens with zero attached hydrogens (tertiary/aromatic N) is 2. The number of dihydropyridines is 1. The van der Waals surface area contributed by atoms with Gasteiger partial charge in [0.2, 0.25) is 11.8 Å². The normalized spacial score (nSPS) is 18.7. The lowest BCUT2D eigenvalue weighted by Gasteiger charge is -2.23. The quantitative estimate of drug-likeness (QED) is 0.0840. The molecule has 2 unspecified atom stereocenters. The molecule has 7 N–H and O–H groups in total. The van der Waals surface area contributed by atoms with Crippen molar-refractivity contribution in [3.63, 3.8) is 0 Å². The summed E-state index contributed by atoms with van der Waals surface area (Å²) in [6.07, 6.45) is 5.06. The number of hydrogen-bond acceptors (Lipinski definition) is 8. The molecule has 332 valence electrons. The van der Waals surface area contributed by atoms with Gasteiger partial charge >= 0.3 is 12.1 Å². The molecular weight excluding hydrogens is 844 g/mol. The van der Waals surface area contributed by atoms with E-state index in [9.17, 15) is 28.8 Å². The molecule has 5 aromatic rings. The van der Waals surface area contributed by atoms with Gasteiger partial charge in [-0.1, -0.05) is 109 Å². The van der Waals surface area contributed by atoms with Gasteiger partial charge in [-0.05, 0) is 96.0 Å². The van der Waals surface area contributed by atoms with Crippen LogP contribution in [0.3, 0.4) is 0 Å². The second-order valence-corrected chi connectivity index (χ2v) is 15.9. The predicted molar refractivity (Wildman–Crippen MR) is 253 cm³/mol. The van der Waals surface area contributed by atoms with E-state index in [4.69, 9.17) is 17.3 Å². The average molecular weight is 893 g/mol. The van der Waals surface area contributed by atoms with E-state index in [0.29, 0.717) is 21.9 Å². The van der Waals surface area contributed by atoms with E-state index in [-0.39, 0.29) is 11.8 Å². The van der Waals surface area contributed by atoms with Gasteiger partial charge in [0.15, 0.2) is 11.1 Å². The molecule has 10 rings (SSSR count). The van der Waals surface area contributed by atoms with Crippen molar-refractivity contribution >= 4 is 58.2 Å². The summed E-state index contributed by atoms with van der Waals surface area (Å²) in [6, 6.07) is 33.4. The van der Waals surface area contributed by atoms with E-state index in [2.05, 4.69) is 80.8 Å². The number of halogens is 1. The van der Waals surface area contributed by atoms with Gasteiger partial charge in [-0.3, -0.25) is 39.8 Å². The van der Waals surface area contributed by atoms with Crippen LogP contribution < -0.4 is 32.3 Å². The molecule has 0 bridgehead atoms. The van der Waals surface area contributed by atoms with Crippen LogP contribution in [0.1, 0.15) is 69.6 Å². The smallest absolute Gasteiger partial charge is 0.322 e. The Morgan fingerprint density at radius 1 is 0.692 bits per heavy atom. The Hall–Kier alpha value is -7.71. The average Bonchev–Trinajstić information content (AvgIpc) is 3.98. The zero-order valence-corrected chi connectivity index (χ0v) is 37.5. The van der Waals surface area contributed by atoms with Gasteiger partial charge in [-0.15, -0.1) is 0 Å². The number of benzene rings is 5. The summed E-state index contributed by atoms with van der Waals surface area (Å²) < 4.78 is 0. The first-order valence-electron chi connectivity index (χ1n) is 20.7. The minimum Gasteiger partial charge on any atom is -0.366 e. The molecule has 2 saturated heterocycles. The van der Waals surface area contributed by atoms with Crippen molar-refractivity contribution in [1.29, 1.82) is 0 Å². The molecule has 0 saturated carbocycles. The Labute approximate surface area is 381 Å². The van der Waals surface area contributed by atoms with Crippen LogP contribution in [0, 0.1) is 13.8 Å². The van der Waals surface area contributed by atoms with E-state index >= 15 is 0 Å². The highest BCUT2D eigenvalue weighted by Crippen LogP contribution is 2.50. The number of carbonyl (C=O) groups is 6. The summed E-state index contributed by atoms with van der Waals surface area (Å²) in [4.78, 5) is 78.2. The van der Waals surface area contributed by atoms with Gasteiger partial charge in [0.25, 0.3) is 11.8 Å². The molecule has 2 spiro atoms. The fraction of sp³-hybridized carbons (Fsp3) is 0.200. The van der Waals surface area contributed by atoms with Crippen molar-refractivity contribution in [2.75, 3.05) is 20.6 Å². The SMILES string of the molecule is CN=C(C)Cl.CNC(C)=O.Cc1ccccc1C.NC(=O)c1ccc2c(c1)C1(NC(=O)NC1=O)c1ccccc1-2.O=C1NC(=O)C2(N1)c1ccccc1-c1ccc(C3=NCCC=C3)cc12. The first-order chi connectivity index (χ1) is 31.1. The van der Waals surface area contributed by atoms with Gasteiger partial charge in [-0.2, -0.15) is 0 Å². The number of aryl methyl sites for hydroxylation is 2. The van der Waals surface area contributed by atoms with Crippen LogP contribution in [0.25, 0.3) is 22.3 Å². The minimum absolute atomic E-state index is 0.00463. The highest BCUT2D eigenvalue weighted by atomic mass is 35.5. The Kier molecular flexibility index (Phi) is 14.2. The lowest BCUT2D eigenvalue weighted by Crippen LogP contribution is -2.43. The molecule has 5 aliphatic rings. The monoisotopic (exact) mass is 892 g/mol. The van der Waals surface area contributed by atoms with Crippen LogP contribution in [-0.4, -0.2) is 67.2 Å². The topological polar surface area (TPSA) is 213 Å². The van der Waals surface area contributed by atoms with Crippen molar-refractivity contribution in [2.45, 2.75) is 45.2 Å². The van der Waals surface area contributed by atoms with Crippen molar-refractivity contribution in [3.8, 4) is 22.3 Å². The van der Waals surface area contributed by atoms with E-state index in [0.717, 1.165) is 57.6 Å². The van der Waals surface area contributed by atoms with Crippen LogP contribution in [0.5, 0.6) is 0 Å². The molecule has 2 fully saturated rings. The van der Waals surface area contributed by atoms with Crippen molar-refractivity contribution in [2.24, 2.45) is 15.7 Å². The number of hydrogen-bond donors (Lipinski definition) is 6.